The fraction of sp³-hybridized carbons (Fsp3) is 0.286. The molecule has 0 saturated heterocycles. The van der Waals surface area contributed by atoms with Crippen molar-refractivity contribution in [2.24, 2.45) is 0 Å². The number of hydrogen-bond acceptors (Lipinski definition) is 3. The van der Waals surface area contributed by atoms with Gasteiger partial charge in [-0.1, -0.05) is 58.3 Å². The lowest BCUT2D eigenvalue weighted by atomic mass is 10.5. The number of rotatable bonds is 2. The molecule has 14 heavy (non-hydrogen) atoms. The highest BCUT2D eigenvalue weighted by Crippen LogP contribution is 2.38. The van der Waals surface area contributed by atoms with Crippen LogP contribution in [0.5, 0.6) is 0 Å². The fourth-order valence-corrected chi connectivity index (χ4v) is 3.18. The third-order valence-corrected chi connectivity index (χ3v) is 4.56. The lowest BCUT2D eigenvalue weighted by molar-refractivity contribution is -0.683. The van der Waals surface area contributed by atoms with E-state index in [0.717, 1.165) is 0 Å². The highest BCUT2D eigenvalue weighted by molar-refractivity contribution is 7.99. The Labute approximate surface area is 105 Å². The minimum atomic E-state index is 0.206. The third kappa shape index (κ3) is 2.04. The molecule has 0 radical (unpaired) electrons. The van der Waals surface area contributed by atoms with Crippen molar-refractivity contribution in [3.8, 4) is 0 Å². The summed E-state index contributed by atoms with van der Waals surface area (Å²) in [6.07, 6.45) is 3.51. The molecule has 1 aromatic rings. The van der Waals surface area contributed by atoms with Crippen LogP contribution in [-0.2, 0) is 0 Å². The van der Waals surface area contributed by atoms with Crippen molar-refractivity contribution in [1.82, 2.24) is 0 Å². The molecular weight excluding hydrogens is 285 g/mol. The Hall–Kier alpha value is 0.520. The second kappa shape index (κ2) is 5.03. The zero-order valence-electron chi connectivity index (χ0n) is 7.31. The van der Waals surface area contributed by atoms with E-state index < -0.39 is 0 Å². The topological polar surface area (TPSA) is 26.9 Å². The summed E-state index contributed by atoms with van der Waals surface area (Å²) in [5.41, 5.74) is 0. The summed E-state index contributed by atoms with van der Waals surface area (Å²) in [7, 11) is 0. The second-order valence-electron chi connectivity index (χ2n) is 2.25. The Bertz CT molecular complexity index is 341. The number of thioether (sulfide) groups is 2. The number of nitrogens with zero attached hydrogens (tertiary/aromatic N) is 1. The van der Waals surface area contributed by atoms with Gasteiger partial charge in [0.05, 0.1) is 5.02 Å². The van der Waals surface area contributed by atoms with Crippen LogP contribution in [0.1, 0.15) is 0 Å². The van der Waals surface area contributed by atoms with Gasteiger partial charge in [0, 0.05) is 0 Å². The van der Waals surface area contributed by atoms with Crippen LogP contribution in [0.2, 0.25) is 15.1 Å². The molecule has 0 fully saturated rings. The molecule has 1 heterocycles. The number of hydrogen-bond donors (Lipinski definition) is 0. The zero-order valence-corrected chi connectivity index (χ0v) is 11.2. The molecule has 78 valence electrons. The van der Waals surface area contributed by atoms with Crippen molar-refractivity contribution in [2.75, 3.05) is 12.5 Å². The Balaban J connectivity index is 3.56. The summed E-state index contributed by atoms with van der Waals surface area (Å²) in [5.74, 6) is 0. The molecule has 0 aliphatic rings. The van der Waals surface area contributed by atoms with Crippen LogP contribution in [0.15, 0.2) is 10.1 Å². The van der Waals surface area contributed by atoms with E-state index in [1.54, 1.807) is 12.5 Å². The Morgan fingerprint density at radius 1 is 0.929 bits per heavy atom. The number of aromatic nitrogens is 1. The van der Waals surface area contributed by atoms with E-state index >= 15 is 0 Å². The summed E-state index contributed by atoms with van der Waals surface area (Å²) in [4.78, 5) is 0. The summed E-state index contributed by atoms with van der Waals surface area (Å²) in [5, 5.41) is 13.0. The molecule has 2 nitrogen and oxygen atoms in total. The quantitative estimate of drug-likeness (QED) is 0.472. The van der Waals surface area contributed by atoms with Crippen molar-refractivity contribution < 1.29 is 4.73 Å². The summed E-state index contributed by atoms with van der Waals surface area (Å²) < 4.78 is 0.700. The molecule has 0 saturated carbocycles. The fourth-order valence-electron chi connectivity index (χ4n) is 0.900. The van der Waals surface area contributed by atoms with Crippen LogP contribution < -0.4 is 4.73 Å². The molecule has 1 rings (SSSR count). The normalized spacial score (nSPS) is 10.6. The minimum Gasteiger partial charge on any atom is -0.617 e. The van der Waals surface area contributed by atoms with Crippen molar-refractivity contribution in [1.29, 1.82) is 0 Å². The van der Waals surface area contributed by atoms with E-state index in [1.807, 2.05) is 0 Å². The molecule has 0 aliphatic heterocycles. The Morgan fingerprint density at radius 2 is 1.29 bits per heavy atom. The van der Waals surface area contributed by atoms with E-state index in [2.05, 4.69) is 0 Å². The molecule has 0 atom stereocenters. The van der Waals surface area contributed by atoms with Gasteiger partial charge >= 0.3 is 0 Å². The van der Waals surface area contributed by atoms with E-state index in [4.69, 9.17) is 34.8 Å². The molecular formula is C7H6Cl3NOS2. The van der Waals surface area contributed by atoms with Gasteiger partial charge in [-0.05, 0) is 12.5 Å². The van der Waals surface area contributed by atoms with Gasteiger partial charge in [-0.2, -0.15) is 4.73 Å². The van der Waals surface area contributed by atoms with Gasteiger partial charge in [0.25, 0.3) is 10.1 Å². The smallest absolute Gasteiger partial charge is 0.272 e. The molecule has 0 unspecified atom stereocenters. The van der Waals surface area contributed by atoms with Gasteiger partial charge in [0.1, 0.15) is 10.0 Å². The largest absolute Gasteiger partial charge is 0.617 e. The van der Waals surface area contributed by atoms with Crippen molar-refractivity contribution in [3.63, 3.8) is 0 Å². The van der Waals surface area contributed by atoms with Gasteiger partial charge in [-0.25, -0.2) is 0 Å². The van der Waals surface area contributed by atoms with Gasteiger partial charge in [-0.3, -0.25) is 0 Å². The molecule has 0 aromatic carbocycles. The van der Waals surface area contributed by atoms with E-state index in [1.165, 1.54) is 23.5 Å². The van der Waals surface area contributed by atoms with Crippen LogP contribution in [0.3, 0.4) is 0 Å². The summed E-state index contributed by atoms with van der Waals surface area (Å²) in [6.45, 7) is 0. The van der Waals surface area contributed by atoms with E-state index in [0.29, 0.717) is 14.8 Å². The van der Waals surface area contributed by atoms with Gasteiger partial charge < -0.3 is 5.21 Å². The maximum absolute atomic E-state index is 11.7. The average Bonchev–Trinajstić information content (AvgIpc) is 2.16. The molecule has 0 aliphatic carbocycles. The first-order valence-electron chi connectivity index (χ1n) is 3.42. The van der Waals surface area contributed by atoms with Crippen molar-refractivity contribution >= 4 is 58.3 Å². The minimum absolute atomic E-state index is 0.206. The molecule has 0 amide bonds. The van der Waals surface area contributed by atoms with Crippen LogP contribution in [0, 0.1) is 5.21 Å². The first-order chi connectivity index (χ1) is 6.54. The standard InChI is InChI=1S/C7H6Cl3NOS2/c1-13-6-4(9)3(8)5(10)7(14-2)11(6)12/h1-2H3. The van der Waals surface area contributed by atoms with Crippen LogP contribution >= 0.6 is 58.3 Å². The van der Waals surface area contributed by atoms with Gasteiger partial charge in [0.2, 0.25) is 0 Å². The Kier molecular flexibility index (Phi) is 4.53. The lowest BCUT2D eigenvalue weighted by Crippen LogP contribution is -2.32. The third-order valence-electron chi connectivity index (χ3n) is 1.52. The van der Waals surface area contributed by atoms with Crippen LogP contribution in [0.4, 0.5) is 0 Å². The second-order valence-corrected chi connectivity index (χ2v) is 4.98. The van der Waals surface area contributed by atoms with Crippen molar-refractivity contribution in [2.45, 2.75) is 10.1 Å². The first kappa shape index (κ1) is 12.6. The maximum Gasteiger partial charge on any atom is 0.272 e. The first-order valence-corrected chi connectivity index (χ1v) is 7.00. The lowest BCUT2D eigenvalue weighted by Gasteiger charge is -2.10. The number of halogens is 3. The molecule has 7 heteroatoms. The average molecular weight is 291 g/mol. The summed E-state index contributed by atoms with van der Waals surface area (Å²) >= 11 is 20.1. The van der Waals surface area contributed by atoms with Crippen LogP contribution in [0.25, 0.3) is 0 Å². The van der Waals surface area contributed by atoms with E-state index in [-0.39, 0.29) is 15.1 Å². The van der Waals surface area contributed by atoms with Crippen LogP contribution in [-0.4, -0.2) is 12.5 Å². The zero-order chi connectivity index (χ0) is 10.9. The molecule has 0 N–H and O–H groups in total. The molecule has 0 bridgehead atoms. The van der Waals surface area contributed by atoms with Crippen molar-refractivity contribution in [3.05, 3.63) is 20.3 Å². The predicted octanol–water partition coefficient (Wildman–Crippen LogP) is 3.72. The van der Waals surface area contributed by atoms with Gasteiger partial charge in [-0.15, -0.1) is 0 Å². The summed E-state index contributed by atoms with van der Waals surface area (Å²) in [6, 6.07) is 0. The molecule has 0 spiro atoms. The SMILES string of the molecule is CSc1c(Cl)c(Cl)c(Cl)c(SC)[n+]1[O-]. The Morgan fingerprint density at radius 3 is 1.57 bits per heavy atom. The van der Waals surface area contributed by atoms with E-state index in [9.17, 15) is 5.21 Å². The highest BCUT2D eigenvalue weighted by Gasteiger charge is 2.24. The predicted molar refractivity (Wildman–Crippen MR) is 64.0 cm³/mol. The van der Waals surface area contributed by atoms with Gasteiger partial charge in [0.15, 0.2) is 0 Å². The monoisotopic (exact) mass is 289 g/mol. The number of pyridine rings is 1. The maximum atomic E-state index is 11.7. The molecule has 1 aromatic heterocycles. The highest BCUT2D eigenvalue weighted by atomic mass is 35.5.